The number of aliphatic carboxylic acids is 1. The van der Waals surface area contributed by atoms with Crippen LogP contribution in [-0.2, 0) is 33.9 Å². The molecule has 0 saturated carbocycles. The molecule has 3 aromatic heterocycles. The van der Waals surface area contributed by atoms with Crippen molar-refractivity contribution in [3.05, 3.63) is 83.9 Å². The molecule has 0 saturated heterocycles. The highest BCUT2D eigenvalue weighted by Gasteiger charge is 2.35. The Morgan fingerprint density at radius 3 is 2.39 bits per heavy atom. The van der Waals surface area contributed by atoms with E-state index < -0.39 is 5.97 Å². The van der Waals surface area contributed by atoms with Gasteiger partial charge in [0.1, 0.15) is 0 Å². The second-order valence-electron chi connectivity index (χ2n) is 10.3. The molecule has 0 unspecified atom stereocenters. The Labute approximate surface area is 235 Å². The fraction of sp³-hybridized carbons (Fsp3) is 0.258. The third kappa shape index (κ3) is 5.28. The number of carbonyl (C=O) groups excluding carboxylic acids is 2. The minimum Gasteiger partial charge on any atom is -0.481 e. The van der Waals surface area contributed by atoms with E-state index in [1.54, 1.807) is 10.9 Å². The normalized spacial score (nSPS) is 13.6. The molecule has 0 spiro atoms. The van der Waals surface area contributed by atoms with Crippen LogP contribution in [0.25, 0.3) is 33.0 Å². The van der Waals surface area contributed by atoms with Gasteiger partial charge >= 0.3 is 5.97 Å². The van der Waals surface area contributed by atoms with Crippen LogP contribution in [0.3, 0.4) is 0 Å². The van der Waals surface area contributed by atoms with Crippen LogP contribution in [0.1, 0.15) is 48.9 Å². The molecule has 1 aliphatic rings. The highest BCUT2D eigenvalue weighted by atomic mass is 16.4. The Morgan fingerprint density at radius 1 is 0.829 bits per heavy atom. The fourth-order valence-corrected chi connectivity index (χ4v) is 5.58. The quantitative estimate of drug-likeness (QED) is 0.154. The van der Waals surface area contributed by atoms with Crippen molar-refractivity contribution in [2.45, 2.75) is 51.6 Å². The number of nitrogens with zero attached hydrogens (tertiary/aromatic N) is 4. The molecule has 0 aliphatic carbocycles. The van der Waals surface area contributed by atoms with Crippen molar-refractivity contribution in [3.8, 4) is 0 Å². The summed E-state index contributed by atoms with van der Waals surface area (Å²) in [6, 6.07) is 15.7. The number of carboxylic acids is 1. The largest absolute Gasteiger partial charge is 0.481 e. The van der Waals surface area contributed by atoms with Crippen LogP contribution in [-0.4, -0.2) is 47.4 Å². The molecule has 4 heterocycles. The summed E-state index contributed by atoms with van der Waals surface area (Å²) in [5, 5.41) is 21.5. The molecule has 2 amide bonds. The zero-order chi connectivity index (χ0) is 28.3. The topological polar surface area (TPSA) is 135 Å². The smallest absolute Gasteiger partial charge is 0.303 e. The molecule has 208 valence electrons. The number of carboxylic acid groups (broad SMARTS) is 1. The monoisotopic (exact) mass is 550 g/mol. The number of hydrogen-bond donors (Lipinski definition) is 3. The number of benzene rings is 2. The number of hydrogen-bond acceptors (Lipinski definition) is 5. The number of unbranched alkanes of at least 4 members (excludes halogenated alkanes) is 2. The summed E-state index contributed by atoms with van der Waals surface area (Å²) in [6.45, 7) is 1.40. The molecule has 6 rings (SSSR count). The van der Waals surface area contributed by atoms with Gasteiger partial charge in [0.25, 0.3) is 11.8 Å². The van der Waals surface area contributed by atoms with Gasteiger partial charge in [0, 0.05) is 71.0 Å². The van der Waals surface area contributed by atoms with Crippen molar-refractivity contribution in [1.29, 1.82) is 0 Å². The Kier molecular flexibility index (Phi) is 7.20. The number of imide groups is 1. The van der Waals surface area contributed by atoms with E-state index in [1.807, 2.05) is 60.9 Å². The van der Waals surface area contributed by atoms with Gasteiger partial charge in [-0.1, -0.05) is 41.6 Å². The molecule has 10 nitrogen and oxygen atoms in total. The number of fused-ring (bicyclic) bond motifs is 2. The van der Waals surface area contributed by atoms with Gasteiger partial charge < -0.3 is 14.7 Å². The molecular weight excluding hydrogens is 520 g/mol. The van der Waals surface area contributed by atoms with Crippen LogP contribution >= 0.6 is 0 Å². The molecule has 0 atom stereocenters. The maximum absolute atomic E-state index is 13.2. The van der Waals surface area contributed by atoms with E-state index in [1.165, 1.54) is 0 Å². The molecule has 1 aliphatic heterocycles. The third-order valence-electron chi connectivity index (χ3n) is 7.54. The van der Waals surface area contributed by atoms with E-state index in [-0.39, 0.29) is 18.2 Å². The second-order valence-corrected chi connectivity index (χ2v) is 10.3. The summed E-state index contributed by atoms with van der Waals surface area (Å²) < 4.78 is 3.93. The number of H-pyrrole nitrogens is 1. The first kappa shape index (κ1) is 26.2. The first-order valence-corrected chi connectivity index (χ1v) is 13.8. The third-order valence-corrected chi connectivity index (χ3v) is 7.54. The van der Waals surface area contributed by atoms with Crippen LogP contribution in [0.2, 0.25) is 0 Å². The van der Waals surface area contributed by atoms with Gasteiger partial charge in [-0.05, 0) is 44.2 Å². The van der Waals surface area contributed by atoms with Gasteiger partial charge in [0.15, 0.2) is 0 Å². The Hall–Kier alpha value is -4.99. The van der Waals surface area contributed by atoms with E-state index in [4.69, 9.17) is 5.11 Å². The number of para-hydroxylation sites is 2. The van der Waals surface area contributed by atoms with Crippen molar-refractivity contribution in [2.24, 2.45) is 0 Å². The van der Waals surface area contributed by atoms with Gasteiger partial charge in [-0.25, -0.2) is 0 Å². The van der Waals surface area contributed by atoms with Crippen LogP contribution < -0.4 is 5.32 Å². The Bertz CT molecular complexity index is 1810. The first-order valence-electron chi connectivity index (χ1n) is 13.8. The van der Waals surface area contributed by atoms with Gasteiger partial charge in [-0.3, -0.25) is 24.4 Å². The molecule has 3 N–H and O–H groups in total. The molecule has 41 heavy (non-hydrogen) atoms. The lowest BCUT2D eigenvalue weighted by Crippen LogP contribution is -2.22. The molecule has 0 bridgehead atoms. The minimum absolute atomic E-state index is 0.167. The lowest BCUT2D eigenvalue weighted by Gasteiger charge is -2.04. The molecule has 2 aromatic carbocycles. The van der Waals surface area contributed by atoms with Crippen molar-refractivity contribution in [2.75, 3.05) is 0 Å². The summed E-state index contributed by atoms with van der Waals surface area (Å²) in [5.74, 6) is -1.55. The number of aryl methyl sites for hydroxylation is 3. The summed E-state index contributed by atoms with van der Waals surface area (Å²) >= 11 is 0. The van der Waals surface area contributed by atoms with Gasteiger partial charge in [0.2, 0.25) is 0 Å². The van der Waals surface area contributed by atoms with Crippen LogP contribution in [0.15, 0.2) is 67.1 Å². The molecule has 10 heteroatoms. The summed E-state index contributed by atoms with van der Waals surface area (Å²) in [7, 11) is 0. The number of carbonyl (C=O) groups is 3. The van der Waals surface area contributed by atoms with Crippen molar-refractivity contribution in [3.63, 3.8) is 0 Å². The fourth-order valence-electron chi connectivity index (χ4n) is 5.58. The minimum atomic E-state index is -0.779. The molecule has 0 radical (unpaired) electrons. The number of amides is 2. The lowest BCUT2D eigenvalue weighted by atomic mass is 9.95. The van der Waals surface area contributed by atoms with Crippen molar-refractivity contribution >= 4 is 50.7 Å². The van der Waals surface area contributed by atoms with Crippen LogP contribution in [0, 0.1) is 0 Å². The van der Waals surface area contributed by atoms with Crippen molar-refractivity contribution < 1.29 is 19.5 Å². The number of nitrogens with one attached hydrogen (secondary N) is 2. The van der Waals surface area contributed by atoms with Gasteiger partial charge in [-0.15, -0.1) is 5.10 Å². The first-order chi connectivity index (χ1) is 20.0. The number of aromatic amines is 1. The zero-order valence-electron chi connectivity index (χ0n) is 22.5. The van der Waals surface area contributed by atoms with E-state index in [9.17, 15) is 14.4 Å². The molecule has 5 aromatic rings. The SMILES string of the molecule is O=C(O)CCCCn1cc(CCCCn2cc(C3=C(c4c[nH]c5ccccc45)C(=O)NC3=O)c3ccccc32)nn1. The summed E-state index contributed by atoms with van der Waals surface area (Å²) in [4.78, 5) is 40.1. The lowest BCUT2D eigenvalue weighted by molar-refractivity contribution is -0.137. The molecule has 0 fully saturated rings. The highest BCUT2D eigenvalue weighted by Crippen LogP contribution is 2.38. The van der Waals surface area contributed by atoms with Gasteiger partial charge in [-0.2, -0.15) is 0 Å². The predicted octanol–water partition coefficient (Wildman–Crippen LogP) is 4.56. The number of aromatic nitrogens is 5. The zero-order valence-corrected chi connectivity index (χ0v) is 22.5. The van der Waals surface area contributed by atoms with Gasteiger partial charge in [0.05, 0.1) is 16.8 Å². The maximum atomic E-state index is 13.2. The highest BCUT2D eigenvalue weighted by molar-refractivity contribution is 6.50. The van der Waals surface area contributed by atoms with E-state index >= 15 is 0 Å². The summed E-state index contributed by atoms with van der Waals surface area (Å²) in [5.41, 5.74) is 5.07. The van der Waals surface area contributed by atoms with E-state index in [2.05, 4.69) is 25.2 Å². The van der Waals surface area contributed by atoms with E-state index in [0.29, 0.717) is 29.7 Å². The van der Waals surface area contributed by atoms with E-state index in [0.717, 1.165) is 65.3 Å². The molecular formula is C31H30N6O4. The second kappa shape index (κ2) is 11.2. The summed E-state index contributed by atoms with van der Waals surface area (Å²) in [6.07, 6.45) is 9.83. The van der Waals surface area contributed by atoms with Crippen LogP contribution in [0.5, 0.6) is 0 Å². The average molecular weight is 551 g/mol. The Morgan fingerprint density at radius 2 is 1.56 bits per heavy atom. The predicted molar refractivity (Wildman–Crippen MR) is 155 cm³/mol. The average Bonchev–Trinajstić information content (AvgIpc) is 3.74. The van der Waals surface area contributed by atoms with Crippen molar-refractivity contribution in [1.82, 2.24) is 29.9 Å². The maximum Gasteiger partial charge on any atom is 0.303 e. The standard InChI is InChI=1S/C31H30N6O4/c38-27(39)14-6-8-16-37-18-20(34-35-37)9-5-7-15-36-19-24(22-11-2-4-13-26(22)36)29-28(30(40)33-31(29)41)23-17-32-25-12-3-1-10-21(23)25/h1-4,10-13,17-19,32H,5-9,14-16H2,(H,38,39)(H,33,40,41). The number of rotatable bonds is 12. The Balaban J connectivity index is 1.20. The van der Waals surface area contributed by atoms with Crippen LogP contribution in [0.4, 0.5) is 0 Å².